The molecule has 11 rings (SSSR count). The Morgan fingerprint density at radius 2 is 0.476 bits per heavy atom. The maximum atomic E-state index is 6.08. The molecule has 3 aliphatic carbocycles. The van der Waals surface area contributed by atoms with E-state index in [2.05, 4.69) is 196 Å². The summed E-state index contributed by atoms with van der Waals surface area (Å²) < 4.78 is 26.8. The number of fused-ring (bicyclic) bond motifs is 9. The molecular weight excluding hydrogens is 1390 g/mol. The van der Waals surface area contributed by atoms with Crippen LogP contribution in [0, 0.1) is 13.8 Å². The van der Waals surface area contributed by atoms with E-state index < -0.39 is 0 Å². The van der Waals surface area contributed by atoms with Gasteiger partial charge in [0.2, 0.25) is 0 Å². The van der Waals surface area contributed by atoms with Crippen molar-refractivity contribution in [2.24, 2.45) is 0 Å². The van der Waals surface area contributed by atoms with E-state index in [0.717, 1.165) is 39.3 Å². The largest absolute Gasteiger partial charge is 0.493 e. The number of hydrogen-bond donors (Lipinski definition) is 0. The van der Waals surface area contributed by atoms with Crippen molar-refractivity contribution in [2.75, 3.05) is 26.4 Å². The van der Waals surface area contributed by atoms with Gasteiger partial charge in [0, 0.05) is 51.6 Å². The van der Waals surface area contributed by atoms with Gasteiger partial charge in [0.1, 0.15) is 0 Å². The van der Waals surface area contributed by atoms with Gasteiger partial charge in [0.25, 0.3) is 0 Å². The lowest BCUT2D eigenvalue weighted by Gasteiger charge is -2.34. The van der Waals surface area contributed by atoms with E-state index in [4.69, 9.17) is 18.6 Å². The van der Waals surface area contributed by atoms with Crippen LogP contribution in [0.2, 0.25) is 0 Å². The molecule has 8 heteroatoms. The van der Waals surface area contributed by atoms with Crippen molar-refractivity contribution in [1.29, 1.82) is 0 Å². The first-order chi connectivity index (χ1) is 50.5. The second kappa shape index (κ2) is 44.7. The van der Waals surface area contributed by atoms with Gasteiger partial charge in [-0.2, -0.15) is 0 Å². The Bertz CT molecular complexity index is 3070. The predicted octanol–water partition coefficient (Wildman–Crippen LogP) is 28.8. The lowest BCUT2D eigenvalue weighted by molar-refractivity contribution is 0.143. The van der Waals surface area contributed by atoms with Crippen LogP contribution in [-0.4, -0.2) is 40.7 Å². The summed E-state index contributed by atoms with van der Waals surface area (Å²) in [6.07, 6.45) is 58.3. The van der Waals surface area contributed by atoms with Crippen LogP contribution in [-0.2, 0) is 34.9 Å². The Balaban J connectivity index is 0.000000182. The van der Waals surface area contributed by atoms with Crippen LogP contribution in [0.1, 0.15) is 369 Å². The van der Waals surface area contributed by atoms with Crippen LogP contribution in [0.5, 0.6) is 0 Å². The van der Waals surface area contributed by atoms with Crippen molar-refractivity contribution in [1.82, 2.24) is 0 Å². The minimum atomic E-state index is -0.252. The number of benzene rings is 6. The van der Waals surface area contributed by atoms with Crippen molar-refractivity contribution in [3.63, 3.8) is 0 Å². The normalized spacial score (nSPS) is 15.6. The Kier molecular flexibility index (Phi) is 36.1. The first-order valence-electron chi connectivity index (χ1n) is 43.1. The van der Waals surface area contributed by atoms with Crippen molar-refractivity contribution >= 4 is 57.0 Å². The number of unbranched alkanes of at least 4 members (excludes halogenated alkanes) is 30. The summed E-state index contributed by atoms with van der Waals surface area (Å²) in [5.41, 5.74) is 23.7. The number of rotatable bonds is 44. The van der Waals surface area contributed by atoms with Crippen LogP contribution in [0.4, 0.5) is 0 Å². The fourth-order valence-electron chi connectivity index (χ4n) is 18.6. The van der Waals surface area contributed by atoms with Crippen LogP contribution < -0.4 is 10.9 Å². The molecule has 0 aromatic heterocycles. The third-order valence-corrected chi connectivity index (χ3v) is 25.3. The third kappa shape index (κ3) is 22.7. The van der Waals surface area contributed by atoms with Gasteiger partial charge in [-0.1, -0.05) is 401 Å². The van der Waals surface area contributed by atoms with Crippen molar-refractivity contribution in [3.8, 4) is 33.4 Å². The van der Waals surface area contributed by atoms with E-state index in [9.17, 15) is 0 Å². The SMILES string of the molecule is CCCCCCCCC1(CCCCCCCC)c2cc(B3OCCCO3)ccc2-c2ccc(B3OCCCO3)cc21.CCCCCCCCC1(CCCCCCCC)c2cc(Br)ccc2-c2ccc(Br)cc21.CCCCCCCCC1(CCCCCCCC)c2cc(C)ccc2-c2ccc(C)cc21. The van der Waals surface area contributed by atoms with Gasteiger partial charge >= 0.3 is 14.2 Å². The van der Waals surface area contributed by atoms with Gasteiger partial charge in [-0.05, 0) is 167 Å². The highest BCUT2D eigenvalue weighted by atomic mass is 79.9. The molecule has 562 valence electrons. The van der Waals surface area contributed by atoms with E-state index in [1.807, 2.05) is 0 Å². The Morgan fingerprint density at radius 1 is 0.262 bits per heavy atom. The zero-order chi connectivity index (χ0) is 72.5. The molecule has 0 unspecified atom stereocenters. The molecule has 0 saturated carbocycles. The number of aryl methyl sites for hydroxylation is 2. The number of halogens is 2. The molecule has 4 nitrogen and oxygen atoms in total. The van der Waals surface area contributed by atoms with E-state index >= 15 is 0 Å². The molecule has 0 radical (unpaired) electrons. The van der Waals surface area contributed by atoms with Gasteiger partial charge in [-0.15, -0.1) is 0 Å². The molecule has 103 heavy (non-hydrogen) atoms. The second-order valence-corrected chi connectivity index (χ2v) is 34.1. The predicted molar refractivity (Wildman–Crippen MR) is 455 cm³/mol. The zero-order valence-corrected chi connectivity index (χ0v) is 69.5. The minimum absolute atomic E-state index is 0.00946. The highest BCUT2D eigenvalue weighted by Crippen LogP contribution is 2.58. The maximum Gasteiger partial charge on any atom is 0.493 e. The molecule has 2 saturated heterocycles. The summed E-state index contributed by atoms with van der Waals surface area (Å²) in [5.74, 6) is 0. The third-order valence-electron chi connectivity index (χ3n) is 24.3. The van der Waals surface area contributed by atoms with Gasteiger partial charge in [-0.25, -0.2) is 0 Å². The minimum Gasteiger partial charge on any atom is -0.407 e. The maximum absolute atomic E-state index is 6.08. The van der Waals surface area contributed by atoms with E-state index in [-0.39, 0.29) is 30.5 Å². The van der Waals surface area contributed by atoms with E-state index in [1.165, 1.54) is 345 Å². The standard InChI is InChI=1S/C35H52B2O4.C31H46.C29H40Br2/c1-3-5-7-9-11-13-21-35(22-14-12-10-8-6-4-2)33-27-29(36-38-23-15-24-39-36)17-19-31(33)32-20-18-30(28-34(32)35)37-40-25-16-26-41-37;1-5-7-9-11-13-15-21-31(22-16-14-12-10-8-6-2)29-23-25(3)17-19-27(29)28-20-18-26(4)24-30(28)31;1-3-5-7-9-11-13-19-29(20-14-12-10-8-6-4-2)27-21-23(30)15-17-25(27)26-18-16-24(31)22-28(26)29/h17-20,27-28H,3-16,21-26H2,1-2H3;17-20,23-24H,5-16,21-22H2,1-4H3;15-18,21-22H,3-14,19-20H2,1-2H3. The molecule has 0 N–H and O–H groups in total. The van der Waals surface area contributed by atoms with E-state index in [1.54, 1.807) is 22.3 Å². The monoisotopic (exact) mass is 1520 g/mol. The van der Waals surface area contributed by atoms with E-state index in [0.29, 0.717) is 0 Å². The molecule has 6 aromatic carbocycles. The smallest absolute Gasteiger partial charge is 0.407 e. The molecule has 2 fully saturated rings. The fraction of sp³-hybridized carbons (Fsp3) is 0.621. The molecule has 6 aromatic rings. The summed E-state index contributed by atoms with van der Waals surface area (Å²) >= 11 is 7.57. The van der Waals surface area contributed by atoms with Crippen LogP contribution >= 0.6 is 31.9 Å². The van der Waals surface area contributed by atoms with Gasteiger partial charge in [0.15, 0.2) is 0 Å². The Labute approximate surface area is 647 Å². The van der Waals surface area contributed by atoms with Crippen molar-refractivity contribution in [3.05, 3.63) is 163 Å². The molecule has 0 amide bonds. The molecule has 5 aliphatic rings. The van der Waals surface area contributed by atoms with Gasteiger partial charge < -0.3 is 18.6 Å². The average molecular weight is 1530 g/mol. The summed E-state index contributed by atoms with van der Waals surface area (Å²) in [5, 5.41) is 0. The molecule has 2 heterocycles. The van der Waals surface area contributed by atoms with Gasteiger partial charge in [-0.3, -0.25) is 0 Å². The highest BCUT2D eigenvalue weighted by Gasteiger charge is 2.46. The first-order valence-corrected chi connectivity index (χ1v) is 44.7. The fourth-order valence-corrected chi connectivity index (χ4v) is 19.3. The zero-order valence-electron chi connectivity index (χ0n) is 66.4. The molecular formula is C95H138B2Br2O4. The quantitative estimate of drug-likeness (QED) is 0.0282. The summed E-state index contributed by atoms with van der Waals surface area (Å²) in [4.78, 5) is 0. The average Bonchev–Trinajstić information content (AvgIpc) is 1.60. The van der Waals surface area contributed by atoms with Crippen LogP contribution in [0.3, 0.4) is 0 Å². The summed E-state index contributed by atoms with van der Waals surface area (Å²) in [6.45, 7) is 21.5. The molecule has 0 bridgehead atoms. The van der Waals surface area contributed by atoms with Crippen molar-refractivity contribution < 1.29 is 18.6 Å². The molecule has 0 spiro atoms. The summed E-state index contributed by atoms with van der Waals surface area (Å²) in [6, 6.07) is 42.6. The lowest BCUT2D eigenvalue weighted by atomic mass is 9.67. The lowest BCUT2D eigenvalue weighted by Crippen LogP contribution is -2.42. The van der Waals surface area contributed by atoms with Crippen molar-refractivity contribution in [2.45, 2.75) is 354 Å². The second-order valence-electron chi connectivity index (χ2n) is 32.3. The molecule has 0 atom stereocenters. The highest BCUT2D eigenvalue weighted by molar-refractivity contribution is 9.10. The Morgan fingerprint density at radius 3 is 0.738 bits per heavy atom. The Hall–Kier alpha value is -3.75. The van der Waals surface area contributed by atoms with Crippen LogP contribution in [0.15, 0.2) is 118 Å². The first kappa shape index (κ1) is 83.3. The van der Waals surface area contributed by atoms with Gasteiger partial charge in [0.05, 0.1) is 0 Å². The molecule has 2 aliphatic heterocycles. The topological polar surface area (TPSA) is 36.9 Å². The van der Waals surface area contributed by atoms with Crippen LogP contribution in [0.25, 0.3) is 33.4 Å². The number of hydrogen-bond acceptors (Lipinski definition) is 4. The summed E-state index contributed by atoms with van der Waals surface area (Å²) in [7, 11) is -0.503.